The van der Waals surface area contributed by atoms with Gasteiger partial charge in [0.1, 0.15) is 0 Å². The summed E-state index contributed by atoms with van der Waals surface area (Å²) in [5.74, 6) is 0. The van der Waals surface area contributed by atoms with Gasteiger partial charge >= 0.3 is 0 Å². The number of likely N-dealkylation sites (tertiary alicyclic amines) is 1. The first-order valence-corrected chi connectivity index (χ1v) is 5.71. The second kappa shape index (κ2) is 5.25. The SMILES string of the molecule is CC1CC(NCC(C)(O)CO)CCN1C. The van der Waals surface area contributed by atoms with Crippen molar-refractivity contribution >= 4 is 0 Å². The molecule has 0 aromatic rings. The molecular weight excluding hydrogens is 192 g/mol. The maximum Gasteiger partial charge on any atom is 0.0972 e. The molecule has 3 atom stereocenters. The molecule has 1 saturated heterocycles. The molecule has 3 unspecified atom stereocenters. The van der Waals surface area contributed by atoms with E-state index < -0.39 is 5.60 Å². The van der Waals surface area contributed by atoms with Gasteiger partial charge in [-0.3, -0.25) is 0 Å². The Bertz CT molecular complexity index is 197. The van der Waals surface area contributed by atoms with Crippen LogP contribution < -0.4 is 5.32 Å². The highest BCUT2D eigenvalue weighted by molar-refractivity contribution is 4.84. The summed E-state index contributed by atoms with van der Waals surface area (Å²) in [6, 6.07) is 1.06. The molecular formula is C11H24N2O2. The molecule has 1 aliphatic heterocycles. The van der Waals surface area contributed by atoms with Crippen LogP contribution in [0.2, 0.25) is 0 Å². The normalized spacial score (nSPS) is 32.6. The molecule has 0 bridgehead atoms. The Balaban J connectivity index is 2.28. The third-order valence-electron chi connectivity index (χ3n) is 3.32. The Hall–Kier alpha value is -0.160. The molecule has 1 heterocycles. The second-order valence-corrected chi connectivity index (χ2v) is 5.09. The van der Waals surface area contributed by atoms with Crippen molar-refractivity contribution in [3.8, 4) is 0 Å². The number of hydrogen-bond acceptors (Lipinski definition) is 4. The van der Waals surface area contributed by atoms with Crippen molar-refractivity contribution in [2.45, 2.75) is 44.4 Å². The van der Waals surface area contributed by atoms with Crippen molar-refractivity contribution in [3.63, 3.8) is 0 Å². The Labute approximate surface area is 92.3 Å². The summed E-state index contributed by atoms with van der Waals surface area (Å²) in [5, 5.41) is 21.9. The van der Waals surface area contributed by atoms with E-state index in [2.05, 4.69) is 24.2 Å². The third kappa shape index (κ3) is 4.07. The van der Waals surface area contributed by atoms with E-state index in [0.29, 0.717) is 18.6 Å². The van der Waals surface area contributed by atoms with Gasteiger partial charge in [0.2, 0.25) is 0 Å². The lowest BCUT2D eigenvalue weighted by molar-refractivity contribution is -0.00160. The zero-order valence-corrected chi connectivity index (χ0v) is 10.0. The first-order valence-electron chi connectivity index (χ1n) is 5.71. The van der Waals surface area contributed by atoms with E-state index in [-0.39, 0.29) is 6.61 Å². The predicted molar refractivity (Wildman–Crippen MR) is 60.8 cm³/mol. The standard InChI is InChI=1S/C11H24N2O2/c1-9-6-10(4-5-13(9)3)12-7-11(2,15)8-14/h9-10,12,14-15H,4-8H2,1-3H3. The van der Waals surface area contributed by atoms with Crippen LogP contribution in [-0.2, 0) is 0 Å². The summed E-state index contributed by atoms with van der Waals surface area (Å²) >= 11 is 0. The molecule has 1 aliphatic rings. The topological polar surface area (TPSA) is 55.7 Å². The van der Waals surface area contributed by atoms with Gasteiger partial charge in [0.15, 0.2) is 0 Å². The monoisotopic (exact) mass is 216 g/mol. The van der Waals surface area contributed by atoms with Crippen LogP contribution in [0.15, 0.2) is 0 Å². The first-order chi connectivity index (χ1) is 6.94. The van der Waals surface area contributed by atoms with E-state index in [0.717, 1.165) is 19.4 Å². The third-order valence-corrected chi connectivity index (χ3v) is 3.32. The molecule has 3 N–H and O–H groups in total. The maximum absolute atomic E-state index is 9.65. The van der Waals surface area contributed by atoms with Crippen LogP contribution >= 0.6 is 0 Å². The highest BCUT2D eigenvalue weighted by atomic mass is 16.3. The molecule has 4 heteroatoms. The number of rotatable bonds is 4. The largest absolute Gasteiger partial charge is 0.393 e. The van der Waals surface area contributed by atoms with Gasteiger partial charge in [-0.25, -0.2) is 0 Å². The maximum atomic E-state index is 9.65. The van der Waals surface area contributed by atoms with Gasteiger partial charge in [-0.15, -0.1) is 0 Å². The Kier molecular flexibility index (Phi) is 4.52. The van der Waals surface area contributed by atoms with Crippen LogP contribution in [0.25, 0.3) is 0 Å². The van der Waals surface area contributed by atoms with E-state index in [1.165, 1.54) is 0 Å². The second-order valence-electron chi connectivity index (χ2n) is 5.09. The highest BCUT2D eigenvalue weighted by Crippen LogP contribution is 2.15. The highest BCUT2D eigenvalue weighted by Gasteiger charge is 2.25. The minimum absolute atomic E-state index is 0.192. The van der Waals surface area contributed by atoms with E-state index in [9.17, 15) is 5.11 Å². The zero-order valence-electron chi connectivity index (χ0n) is 10.0. The number of aliphatic hydroxyl groups excluding tert-OH is 1. The number of nitrogens with one attached hydrogen (secondary N) is 1. The van der Waals surface area contributed by atoms with Gasteiger partial charge in [-0.2, -0.15) is 0 Å². The molecule has 0 aromatic carbocycles. The smallest absolute Gasteiger partial charge is 0.0972 e. The molecule has 0 spiro atoms. The number of aliphatic hydroxyl groups is 2. The molecule has 90 valence electrons. The Morgan fingerprint density at radius 3 is 2.73 bits per heavy atom. The van der Waals surface area contributed by atoms with Gasteiger partial charge in [0.25, 0.3) is 0 Å². The molecule has 0 aromatic heterocycles. The molecule has 0 amide bonds. The lowest BCUT2D eigenvalue weighted by atomic mass is 9.98. The number of piperidine rings is 1. The van der Waals surface area contributed by atoms with Gasteiger partial charge in [-0.05, 0) is 40.3 Å². The molecule has 4 nitrogen and oxygen atoms in total. The minimum Gasteiger partial charge on any atom is -0.393 e. The van der Waals surface area contributed by atoms with Crippen molar-refractivity contribution in [2.24, 2.45) is 0 Å². The lowest BCUT2D eigenvalue weighted by Gasteiger charge is -2.36. The van der Waals surface area contributed by atoms with Crippen LogP contribution in [0.3, 0.4) is 0 Å². The summed E-state index contributed by atoms with van der Waals surface area (Å²) in [6.07, 6.45) is 2.22. The molecule has 15 heavy (non-hydrogen) atoms. The molecule has 1 rings (SSSR count). The van der Waals surface area contributed by atoms with Crippen LogP contribution in [0, 0.1) is 0 Å². The lowest BCUT2D eigenvalue weighted by Crippen LogP contribution is -2.50. The van der Waals surface area contributed by atoms with Crippen LogP contribution in [-0.4, -0.2) is 59.5 Å². The number of nitrogens with zero attached hydrogens (tertiary/aromatic N) is 1. The quantitative estimate of drug-likeness (QED) is 0.609. The molecule has 1 fully saturated rings. The fourth-order valence-corrected chi connectivity index (χ4v) is 1.89. The summed E-state index contributed by atoms with van der Waals surface area (Å²) in [4.78, 5) is 2.35. The average Bonchev–Trinajstić information content (AvgIpc) is 2.20. The van der Waals surface area contributed by atoms with Crippen LogP contribution in [0.4, 0.5) is 0 Å². The van der Waals surface area contributed by atoms with E-state index >= 15 is 0 Å². The Morgan fingerprint density at radius 1 is 1.53 bits per heavy atom. The summed E-state index contributed by atoms with van der Waals surface area (Å²) in [7, 11) is 2.14. The van der Waals surface area contributed by atoms with E-state index in [1.54, 1.807) is 6.92 Å². The summed E-state index contributed by atoms with van der Waals surface area (Å²) in [6.45, 7) is 5.24. The summed E-state index contributed by atoms with van der Waals surface area (Å²) in [5.41, 5.74) is -0.993. The van der Waals surface area contributed by atoms with Crippen molar-refractivity contribution in [1.82, 2.24) is 10.2 Å². The van der Waals surface area contributed by atoms with Gasteiger partial charge in [0.05, 0.1) is 12.2 Å². The van der Waals surface area contributed by atoms with E-state index in [1.807, 2.05) is 0 Å². The van der Waals surface area contributed by atoms with Crippen LogP contribution in [0.5, 0.6) is 0 Å². The summed E-state index contributed by atoms with van der Waals surface area (Å²) < 4.78 is 0. The predicted octanol–water partition coefficient (Wildman–Crippen LogP) is -0.198. The molecule has 0 radical (unpaired) electrons. The van der Waals surface area contributed by atoms with Gasteiger partial charge in [-0.1, -0.05) is 0 Å². The molecule has 0 aliphatic carbocycles. The Morgan fingerprint density at radius 2 is 2.20 bits per heavy atom. The molecule has 0 saturated carbocycles. The minimum atomic E-state index is -0.993. The fraction of sp³-hybridized carbons (Fsp3) is 1.00. The average molecular weight is 216 g/mol. The van der Waals surface area contributed by atoms with Crippen molar-refractivity contribution in [3.05, 3.63) is 0 Å². The number of hydrogen-bond donors (Lipinski definition) is 3. The zero-order chi connectivity index (χ0) is 11.5. The van der Waals surface area contributed by atoms with Crippen LogP contribution in [0.1, 0.15) is 26.7 Å². The fourth-order valence-electron chi connectivity index (χ4n) is 1.89. The van der Waals surface area contributed by atoms with Gasteiger partial charge in [0, 0.05) is 18.6 Å². The van der Waals surface area contributed by atoms with E-state index in [4.69, 9.17) is 5.11 Å². The van der Waals surface area contributed by atoms with Crippen molar-refractivity contribution in [2.75, 3.05) is 26.7 Å². The van der Waals surface area contributed by atoms with Gasteiger partial charge < -0.3 is 20.4 Å². The van der Waals surface area contributed by atoms with Crippen molar-refractivity contribution < 1.29 is 10.2 Å². The van der Waals surface area contributed by atoms with Crippen molar-refractivity contribution in [1.29, 1.82) is 0 Å². The first kappa shape index (κ1) is 12.9.